The van der Waals surface area contributed by atoms with Crippen LogP contribution in [0.1, 0.15) is 28.8 Å². The molecule has 124 valence electrons. The summed E-state index contributed by atoms with van der Waals surface area (Å²) in [4.78, 5) is 23.7. The summed E-state index contributed by atoms with van der Waals surface area (Å²) in [5, 5.41) is 11.8. The fraction of sp³-hybridized carbons (Fsp3) is 0.412. The summed E-state index contributed by atoms with van der Waals surface area (Å²) in [7, 11) is 3.01. The third-order valence-electron chi connectivity index (χ3n) is 3.83. The van der Waals surface area contributed by atoms with Crippen molar-refractivity contribution in [1.29, 1.82) is 0 Å². The summed E-state index contributed by atoms with van der Waals surface area (Å²) < 4.78 is 10.6. The number of amides is 1. The van der Waals surface area contributed by atoms with E-state index in [0.29, 0.717) is 23.5 Å². The molecule has 0 aliphatic heterocycles. The highest BCUT2D eigenvalue weighted by Crippen LogP contribution is 2.35. The van der Waals surface area contributed by atoms with E-state index in [1.54, 1.807) is 18.2 Å². The van der Waals surface area contributed by atoms with Crippen molar-refractivity contribution in [1.82, 2.24) is 5.32 Å². The molecule has 1 atom stereocenters. The normalized spacial score (nSPS) is 14.7. The molecule has 23 heavy (non-hydrogen) atoms. The maximum atomic E-state index is 12.4. The molecule has 1 aromatic carbocycles. The molecule has 0 spiro atoms. The van der Waals surface area contributed by atoms with Crippen molar-refractivity contribution >= 4 is 11.9 Å². The van der Waals surface area contributed by atoms with Crippen LogP contribution in [0, 0.1) is 5.92 Å². The van der Waals surface area contributed by atoms with E-state index in [0.717, 1.165) is 18.4 Å². The van der Waals surface area contributed by atoms with Gasteiger partial charge < -0.3 is 19.9 Å². The summed E-state index contributed by atoms with van der Waals surface area (Å²) in [6, 6.07) is 2.37. The van der Waals surface area contributed by atoms with Crippen LogP contribution < -0.4 is 14.8 Å². The zero-order valence-corrected chi connectivity index (χ0v) is 13.3. The van der Waals surface area contributed by atoms with E-state index in [-0.39, 0.29) is 5.92 Å². The Morgan fingerprint density at radius 2 is 2.09 bits per heavy atom. The Labute approximate surface area is 135 Å². The number of carboxylic acids is 1. The molecule has 1 fully saturated rings. The number of methoxy groups -OCH3 is 2. The number of nitrogens with one attached hydrogen (secondary N) is 1. The second kappa shape index (κ2) is 7.17. The minimum Gasteiger partial charge on any atom is -0.493 e. The van der Waals surface area contributed by atoms with Crippen molar-refractivity contribution in [2.45, 2.75) is 25.3 Å². The summed E-state index contributed by atoms with van der Waals surface area (Å²) >= 11 is 0. The Bertz CT molecular complexity index is 622. The van der Waals surface area contributed by atoms with Gasteiger partial charge in [-0.25, -0.2) is 4.79 Å². The predicted molar refractivity (Wildman–Crippen MR) is 85.1 cm³/mol. The number of benzene rings is 1. The number of rotatable bonds is 8. The Hall–Kier alpha value is -2.50. The lowest BCUT2D eigenvalue weighted by Gasteiger charge is -2.16. The minimum atomic E-state index is -1.01. The van der Waals surface area contributed by atoms with Crippen LogP contribution in [-0.2, 0) is 11.2 Å². The highest BCUT2D eigenvalue weighted by Gasteiger charge is 2.37. The number of carboxylic acid groups (broad SMARTS) is 1. The van der Waals surface area contributed by atoms with E-state index in [4.69, 9.17) is 9.47 Å². The first-order valence-corrected chi connectivity index (χ1v) is 7.41. The van der Waals surface area contributed by atoms with Gasteiger partial charge in [-0.1, -0.05) is 6.08 Å². The van der Waals surface area contributed by atoms with E-state index in [9.17, 15) is 14.7 Å². The number of hydrogen-bond acceptors (Lipinski definition) is 4. The summed E-state index contributed by atoms with van der Waals surface area (Å²) in [6.07, 6.45) is 3.85. The molecule has 1 aromatic rings. The van der Waals surface area contributed by atoms with E-state index in [1.165, 1.54) is 14.2 Å². The lowest BCUT2D eigenvalue weighted by molar-refractivity contribution is -0.139. The Kier molecular flexibility index (Phi) is 5.26. The zero-order valence-electron chi connectivity index (χ0n) is 13.3. The van der Waals surface area contributed by atoms with Crippen LogP contribution >= 0.6 is 0 Å². The molecule has 2 N–H and O–H groups in total. The van der Waals surface area contributed by atoms with Gasteiger partial charge in [-0.2, -0.15) is 0 Å². The average Bonchev–Trinajstić information content (AvgIpc) is 3.36. The number of carbonyl (C=O) groups is 2. The van der Waals surface area contributed by atoms with E-state index in [2.05, 4.69) is 11.9 Å². The Morgan fingerprint density at radius 3 is 2.57 bits per heavy atom. The molecule has 6 heteroatoms. The van der Waals surface area contributed by atoms with Crippen LogP contribution in [0.5, 0.6) is 11.5 Å². The van der Waals surface area contributed by atoms with Gasteiger partial charge in [-0.3, -0.25) is 4.79 Å². The van der Waals surface area contributed by atoms with Crippen LogP contribution in [0.4, 0.5) is 0 Å². The fourth-order valence-electron chi connectivity index (χ4n) is 2.52. The lowest BCUT2D eigenvalue weighted by Crippen LogP contribution is -2.42. The first kappa shape index (κ1) is 16.9. The standard InChI is InChI=1S/C17H21NO5/c1-4-5-11-8-12(9-13(22-2)15(11)23-3)16(19)18-14(17(20)21)10-6-7-10/h4,8-10,14H,1,5-7H2,2-3H3,(H,18,19)(H,20,21). The van der Waals surface area contributed by atoms with Crippen LogP contribution in [0.2, 0.25) is 0 Å². The molecule has 6 nitrogen and oxygen atoms in total. The first-order chi connectivity index (χ1) is 11.0. The van der Waals surface area contributed by atoms with Gasteiger partial charge in [-0.05, 0) is 37.3 Å². The van der Waals surface area contributed by atoms with Crippen LogP contribution in [0.15, 0.2) is 24.8 Å². The Morgan fingerprint density at radius 1 is 1.39 bits per heavy atom. The van der Waals surface area contributed by atoms with Crippen LogP contribution in [0.25, 0.3) is 0 Å². The molecule has 2 rings (SSSR count). The van der Waals surface area contributed by atoms with E-state index in [1.807, 2.05) is 0 Å². The summed E-state index contributed by atoms with van der Waals surface area (Å²) in [5.74, 6) is -0.455. The molecule has 0 bridgehead atoms. The minimum absolute atomic E-state index is 0.0178. The van der Waals surface area contributed by atoms with E-state index >= 15 is 0 Å². The number of allylic oxidation sites excluding steroid dienone is 1. The summed E-state index contributed by atoms with van der Waals surface area (Å²) in [6.45, 7) is 3.69. The van der Waals surface area contributed by atoms with Gasteiger partial charge in [0.2, 0.25) is 0 Å². The van der Waals surface area contributed by atoms with Gasteiger partial charge in [0.05, 0.1) is 14.2 Å². The number of aliphatic carboxylic acids is 1. The molecule has 0 saturated heterocycles. The van der Waals surface area contributed by atoms with Gasteiger partial charge in [0.15, 0.2) is 11.5 Å². The van der Waals surface area contributed by atoms with Gasteiger partial charge in [0.25, 0.3) is 5.91 Å². The third kappa shape index (κ3) is 3.83. The largest absolute Gasteiger partial charge is 0.493 e. The zero-order chi connectivity index (χ0) is 17.0. The van der Waals surface area contributed by atoms with Crippen molar-refractivity contribution in [3.63, 3.8) is 0 Å². The quantitative estimate of drug-likeness (QED) is 0.716. The second-order valence-electron chi connectivity index (χ2n) is 5.49. The molecule has 1 saturated carbocycles. The molecular formula is C17H21NO5. The first-order valence-electron chi connectivity index (χ1n) is 7.41. The van der Waals surface area contributed by atoms with Crippen molar-refractivity contribution in [2.75, 3.05) is 14.2 Å². The van der Waals surface area contributed by atoms with Crippen LogP contribution in [0.3, 0.4) is 0 Å². The average molecular weight is 319 g/mol. The van der Waals surface area contributed by atoms with E-state index < -0.39 is 17.9 Å². The van der Waals surface area contributed by atoms with Crippen molar-refractivity contribution < 1.29 is 24.2 Å². The van der Waals surface area contributed by atoms with Gasteiger partial charge in [-0.15, -0.1) is 6.58 Å². The third-order valence-corrected chi connectivity index (χ3v) is 3.83. The molecule has 0 heterocycles. The number of carbonyl (C=O) groups excluding carboxylic acids is 1. The smallest absolute Gasteiger partial charge is 0.326 e. The number of hydrogen-bond donors (Lipinski definition) is 2. The molecular weight excluding hydrogens is 298 g/mol. The molecule has 1 unspecified atom stereocenters. The predicted octanol–water partition coefficient (Wildman–Crippen LogP) is 2.03. The summed E-state index contributed by atoms with van der Waals surface area (Å²) in [5.41, 5.74) is 1.09. The second-order valence-corrected chi connectivity index (χ2v) is 5.49. The van der Waals surface area contributed by atoms with Crippen molar-refractivity contribution in [3.05, 3.63) is 35.9 Å². The highest BCUT2D eigenvalue weighted by molar-refractivity contribution is 5.97. The molecule has 0 radical (unpaired) electrons. The SMILES string of the molecule is C=CCc1cc(C(=O)NC(C(=O)O)C2CC2)cc(OC)c1OC. The Balaban J connectivity index is 2.30. The van der Waals surface area contributed by atoms with Crippen molar-refractivity contribution in [2.24, 2.45) is 5.92 Å². The molecule has 1 aliphatic carbocycles. The number of ether oxygens (including phenoxy) is 2. The van der Waals surface area contributed by atoms with Gasteiger partial charge in [0, 0.05) is 11.1 Å². The van der Waals surface area contributed by atoms with Crippen molar-refractivity contribution in [3.8, 4) is 11.5 Å². The van der Waals surface area contributed by atoms with Crippen LogP contribution in [-0.4, -0.2) is 37.2 Å². The monoisotopic (exact) mass is 319 g/mol. The van der Waals surface area contributed by atoms with Gasteiger partial charge >= 0.3 is 5.97 Å². The maximum absolute atomic E-state index is 12.4. The fourth-order valence-corrected chi connectivity index (χ4v) is 2.52. The molecule has 1 amide bonds. The highest BCUT2D eigenvalue weighted by atomic mass is 16.5. The van der Waals surface area contributed by atoms with Gasteiger partial charge in [0.1, 0.15) is 6.04 Å². The lowest BCUT2D eigenvalue weighted by atomic mass is 10.0. The molecule has 0 aromatic heterocycles. The topological polar surface area (TPSA) is 84.9 Å². The molecule has 1 aliphatic rings. The maximum Gasteiger partial charge on any atom is 0.326 e.